The number of nitrogens with zero attached hydrogens (tertiary/aromatic N) is 4. The summed E-state index contributed by atoms with van der Waals surface area (Å²) < 4.78 is 38.9. The molecule has 3 rings (SSSR count). The molecule has 0 bridgehead atoms. The van der Waals surface area contributed by atoms with Gasteiger partial charge in [0.25, 0.3) is 0 Å². The van der Waals surface area contributed by atoms with E-state index in [4.69, 9.17) is 4.55 Å². The van der Waals surface area contributed by atoms with E-state index in [-0.39, 0.29) is 17.7 Å². The lowest BCUT2D eigenvalue weighted by molar-refractivity contribution is 0.186. The van der Waals surface area contributed by atoms with Crippen molar-refractivity contribution < 1.29 is 22.5 Å². The van der Waals surface area contributed by atoms with Gasteiger partial charge >= 0.3 is 16.4 Å². The molecule has 1 aromatic carbocycles. The Bertz CT molecular complexity index is 1170. The number of anilines is 3. The van der Waals surface area contributed by atoms with E-state index in [1.807, 2.05) is 17.0 Å². The summed E-state index contributed by atoms with van der Waals surface area (Å²) in [6, 6.07) is 6.29. The number of hydrogen-bond acceptors (Lipinski definition) is 9. The van der Waals surface area contributed by atoms with Gasteiger partial charge in [-0.1, -0.05) is 19.1 Å². The van der Waals surface area contributed by atoms with Crippen LogP contribution in [0.15, 0.2) is 29.6 Å². The fourth-order valence-corrected chi connectivity index (χ4v) is 4.06. The van der Waals surface area contributed by atoms with Crippen LogP contribution in [-0.2, 0) is 34.9 Å². The van der Waals surface area contributed by atoms with Crippen LogP contribution in [0.25, 0.3) is 0 Å². The highest BCUT2D eigenvalue weighted by Crippen LogP contribution is 2.25. The highest BCUT2D eigenvalue weighted by atomic mass is 32.2. The average Bonchev–Trinajstić information content (AvgIpc) is 3.34. The quantitative estimate of drug-likeness (QED) is 0.337. The lowest BCUT2D eigenvalue weighted by atomic mass is 10.0. The third kappa shape index (κ3) is 6.38. The van der Waals surface area contributed by atoms with Crippen molar-refractivity contribution in [1.29, 1.82) is 0 Å². The maximum absolute atomic E-state index is 11.5. The fourth-order valence-electron chi connectivity index (χ4n) is 2.82. The van der Waals surface area contributed by atoms with Crippen LogP contribution in [0.2, 0.25) is 0 Å². The molecule has 0 radical (unpaired) electrons. The van der Waals surface area contributed by atoms with Gasteiger partial charge in [-0.2, -0.15) is 13.4 Å². The van der Waals surface area contributed by atoms with Crippen LogP contribution in [0.3, 0.4) is 0 Å². The van der Waals surface area contributed by atoms with E-state index in [2.05, 4.69) is 30.4 Å². The maximum Gasteiger partial charge on any atom is 0.413 e. The van der Waals surface area contributed by atoms with E-state index in [1.54, 1.807) is 42.6 Å². The summed E-state index contributed by atoms with van der Waals surface area (Å²) in [4.78, 5) is 20.4. The van der Waals surface area contributed by atoms with Crippen LogP contribution in [-0.4, -0.2) is 45.9 Å². The fraction of sp³-hybridized carbons (Fsp3) is 0.333. The van der Waals surface area contributed by atoms with E-state index in [9.17, 15) is 13.2 Å². The van der Waals surface area contributed by atoms with Crippen LogP contribution in [0.4, 0.5) is 22.4 Å². The van der Waals surface area contributed by atoms with Crippen molar-refractivity contribution in [3.8, 4) is 0 Å². The molecule has 12 nitrogen and oxygen atoms in total. The third-order valence-electron chi connectivity index (χ3n) is 4.34. The molecule has 14 heteroatoms. The lowest BCUT2D eigenvalue weighted by Crippen LogP contribution is -2.16. The number of benzene rings is 1. The van der Waals surface area contributed by atoms with Gasteiger partial charge in [0.05, 0.1) is 29.5 Å². The smallest absolute Gasteiger partial charge is 0.413 e. The number of rotatable bonds is 9. The molecule has 2 aromatic heterocycles. The number of hydrogen-bond donors (Lipinski definition) is 4. The number of nitrogens with one attached hydrogen (secondary N) is 3. The molecule has 0 spiro atoms. The first kappa shape index (κ1) is 23.4. The van der Waals surface area contributed by atoms with Gasteiger partial charge in [-0.25, -0.2) is 14.5 Å². The third-order valence-corrected chi connectivity index (χ3v) is 5.84. The van der Waals surface area contributed by atoms with Crippen LogP contribution in [0.1, 0.15) is 29.2 Å². The van der Waals surface area contributed by atoms with E-state index >= 15 is 0 Å². The van der Waals surface area contributed by atoms with Gasteiger partial charge in [0.2, 0.25) is 11.9 Å². The highest BCUT2D eigenvalue weighted by Gasteiger charge is 2.19. The SMILES string of the molecule is CCc1nc(C(Cc2ccc(NS(=O)(=O)O)cc2)Nc2nc(NC(=O)OC)n(C)n2)cs1. The molecule has 0 aliphatic rings. The molecule has 0 fully saturated rings. The molecule has 0 saturated heterocycles. The zero-order valence-electron chi connectivity index (χ0n) is 17.6. The molecule has 0 aliphatic heterocycles. The predicted molar refractivity (Wildman–Crippen MR) is 120 cm³/mol. The first-order chi connectivity index (χ1) is 15.2. The van der Waals surface area contributed by atoms with Crippen molar-refractivity contribution in [2.24, 2.45) is 7.05 Å². The molecule has 0 aliphatic carbocycles. The van der Waals surface area contributed by atoms with Crippen LogP contribution >= 0.6 is 11.3 Å². The van der Waals surface area contributed by atoms with Crippen LogP contribution < -0.4 is 15.4 Å². The Labute approximate surface area is 188 Å². The minimum absolute atomic E-state index is 0.214. The van der Waals surface area contributed by atoms with E-state index < -0.39 is 16.4 Å². The molecule has 2 heterocycles. The van der Waals surface area contributed by atoms with E-state index in [0.717, 1.165) is 22.7 Å². The normalized spacial score (nSPS) is 12.2. The average molecular weight is 482 g/mol. The number of amides is 1. The number of carbonyl (C=O) groups is 1. The maximum atomic E-state index is 11.5. The predicted octanol–water partition coefficient (Wildman–Crippen LogP) is 2.62. The summed E-state index contributed by atoms with van der Waals surface area (Å²) in [5.41, 5.74) is 1.94. The minimum Gasteiger partial charge on any atom is -0.453 e. The lowest BCUT2D eigenvalue weighted by Gasteiger charge is -2.16. The molecule has 3 aromatic rings. The number of ether oxygens (including phenoxy) is 1. The monoisotopic (exact) mass is 481 g/mol. The van der Waals surface area contributed by atoms with Crippen LogP contribution in [0, 0.1) is 0 Å². The van der Waals surface area contributed by atoms with Gasteiger partial charge < -0.3 is 10.1 Å². The first-order valence-electron chi connectivity index (χ1n) is 9.48. The molecular weight excluding hydrogens is 458 g/mol. The van der Waals surface area contributed by atoms with Crippen LogP contribution in [0.5, 0.6) is 0 Å². The van der Waals surface area contributed by atoms with Gasteiger partial charge in [-0.3, -0.25) is 14.6 Å². The molecule has 1 unspecified atom stereocenters. The Kier molecular flexibility index (Phi) is 7.27. The summed E-state index contributed by atoms with van der Waals surface area (Å²) in [5, 5.41) is 13.0. The number of carbonyl (C=O) groups excluding carboxylic acids is 1. The standard InChI is InChI=1S/C18H23N7O5S2/c1-4-15-19-14(10-31-15)13(9-11-5-7-12(8-6-11)24-32(27,28)29)20-16-21-17(25(2)23-16)22-18(26)30-3/h5-8,10,13,24H,4,9H2,1-3H3,(H,27,28,29)(H2,20,21,22,23,26). The second kappa shape index (κ2) is 9.93. The molecule has 172 valence electrons. The van der Waals surface area contributed by atoms with Crippen molar-refractivity contribution >= 4 is 45.3 Å². The van der Waals surface area contributed by atoms with Gasteiger partial charge in [-0.15, -0.1) is 16.4 Å². The second-order valence-corrected chi connectivity index (χ2v) is 8.79. The number of methoxy groups -OCH3 is 1. The van der Waals surface area contributed by atoms with E-state index in [0.29, 0.717) is 12.4 Å². The number of aromatic nitrogens is 4. The largest absolute Gasteiger partial charge is 0.453 e. The summed E-state index contributed by atoms with van der Waals surface area (Å²) in [6.07, 6.45) is 0.647. The molecular formula is C18H23N7O5S2. The van der Waals surface area contributed by atoms with Crippen molar-refractivity contribution in [1.82, 2.24) is 19.7 Å². The molecule has 0 saturated carbocycles. The van der Waals surface area contributed by atoms with Crippen molar-refractivity contribution in [2.75, 3.05) is 22.5 Å². The molecule has 1 amide bonds. The summed E-state index contributed by atoms with van der Waals surface area (Å²) >= 11 is 1.55. The zero-order valence-corrected chi connectivity index (χ0v) is 19.2. The number of aryl methyl sites for hydroxylation is 2. The highest BCUT2D eigenvalue weighted by molar-refractivity contribution is 7.87. The Hall–Kier alpha value is -3.23. The van der Waals surface area contributed by atoms with Gasteiger partial charge in [-0.05, 0) is 30.5 Å². The van der Waals surface area contributed by atoms with Crippen molar-refractivity contribution in [2.45, 2.75) is 25.8 Å². The topological polar surface area (TPSA) is 160 Å². The first-order valence-corrected chi connectivity index (χ1v) is 11.8. The molecule has 32 heavy (non-hydrogen) atoms. The molecule has 4 N–H and O–H groups in total. The van der Waals surface area contributed by atoms with E-state index in [1.165, 1.54) is 11.8 Å². The zero-order chi connectivity index (χ0) is 23.3. The Morgan fingerprint density at radius 3 is 2.59 bits per heavy atom. The summed E-state index contributed by atoms with van der Waals surface area (Å²) in [6.45, 7) is 2.02. The Balaban J connectivity index is 1.82. The minimum atomic E-state index is -4.34. The Morgan fingerprint density at radius 1 is 1.28 bits per heavy atom. The van der Waals surface area contributed by atoms with Crippen molar-refractivity contribution in [3.63, 3.8) is 0 Å². The Morgan fingerprint density at radius 2 is 2.00 bits per heavy atom. The molecule has 1 atom stereocenters. The number of thiazole rings is 1. The summed E-state index contributed by atoms with van der Waals surface area (Å²) in [5.74, 6) is 0.505. The van der Waals surface area contributed by atoms with Crippen molar-refractivity contribution in [3.05, 3.63) is 45.9 Å². The second-order valence-electron chi connectivity index (χ2n) is 6.69. The van der Waals surface area contributed by atoms with Gasteiger partial charge in [0.15, 0.2) is 0 Å². The van der Waals surface area contributed by atoms with Gasteiger partial charge in [0.1, 0.15) is 0 Å². The summed E-state index contributed by atoms with van der Waals surface area (Å²) in [7, 11) is -1.45. The van der Waals surface area contributed by atoms with Gasteiger partial charge in [0, 0.05) is 12.4 Å².